The van der Waals surface area contributed by atoms with Crippen molar-refractivity contribution >= 4 is 12.6 Å². The lowest BCUT2D eigenvalue weighted by Gasteiger charge is -2.12. The largest absolute Gasteiger partial charge is 0.492 e. The summed E-state index contributed by atoms with van der Waals surface area (Å²) in [5.41, 5.74) is 6.13. The van der Waals surface area contributed by atoms with Crippen LogP contribution in [0.4, 0.5) is 0 Å². The third-order valence-electron chi connectivity index (χ3n) is 1.88. The Balaban J connectivity index is 2.89. The van der Waals surface area contributed by atoms with E-state index in [-0.39, 0.29) is 4.75 Å². The van der Waals surface area contributed by atoms with Crippen molar-refractivity contribution in [3.8, 4) is 12.3 Å². The maximum Gasteiger partial charge on any atom is 0.120 e. The molecule has 1 atom stereocenters. The quantitative estimate of drug-likeness (QED) is 0.561. The second kappa shape index (κ2) is 5.11. The molecule has 0 fully saturated rings. The van der Waals surface area contributed by atoms with E-state index in [1.807, 2.05) is 31.2 Å². The van der Waals surface area contributed by atoms with Crippen LogP contribution in [0, 0.1) is 12.3 Å². The highest BCUT2D eigenvalue weighted by atomic mass is 32.1. The molecule has 0 spiro atoms. The number of rotatable bonds is 3. The zero-order valence-electron chi connectivity index (χ0n) is 8.73. The molecule has 1 unspecified atom stereocenters. The van der Waals surface area contributed by atoms with Gasteiger partial charge in [0.05, 0.1) is 0 Å². The van der Waals surface area contributed by atoms with Crippen molar-refractivity contribution in [1.29, 1.82) is 0 Å². The number of terminal acetylenes is 1. The van der Waals surface area contributed by atoms with Crippen LogP contribution in [-0.4, -0.2) is 17.9 Å². The minimum absolute atomic E-state index is 0.341. The van der Waals surface area contributed by atoms with Gasteiger partial charge < -0.3 is 10.5 Å². The van der Waals surface area contributed by atoms with Gasteiger partial charge in [-0.3, -0.25) is 0 Å². The molecule has 80 valence electrons. The normalized spacial score (nSPS) is 24.9. The van der Waals surface area contributed by atoms with Crippen LogP contribution in [0.1, 0.15) is 6.92 Å². The van der Waals surface area contributed by atoms with Gasteiger partial charge in [0.15, 0.2) is 0 Å². The van der Waals surface area contributed by atoms with Gasteiger partial charge in [0.1, 0.15) is 12.4 Å². The maximum absolute atomic E-state index is 5.42. The molecule has 15 heavy (non-hydrogen) atoms. The Hall–Kier alpha value is -1.11. The fraction of sp³-hybridized carbons (Fsp3) is 0.333. The van der Waals surface area contributed by atoms with Crippen molar-refractivity contribution in [3.63, 3.8) is 0 Å². The highest BCUT2D eigenvalue weighted by Crippen LogP contribution is 2.24. The van der Waals surface area contributed by atoms with Crippen LogP contribution in [0.15, 0.2) is 35.6 Å². The highest BCUT2D eigenvalue weighted by Gasteiger charge is 2.15. The smallest absolute Gasteiger partial charge is 0.120 e. The van der Waals surface area contributed by atoms with Crippen molar-refractivity contribution in [2.75, 3.05) is 13.2 Å². The zero-order chi connectivity index (χ0) is 11.3. The number of thiol groups is 1. The topological polar surface area (TPSA) is 35.2 Å². The Bertz CT molecular complexity index is 358. The first kappa shape index (κ1) is 12.0. The Morgan fingerprint density at radius 1 is 1.67 bits per heavy atom. The van der Waals surface area contributed by atoms with Crippen molar-refractivity contribution in [1.82, 2.24) is 0 Å². The minimum atomic E-state index is -0.341. The monoisotopic (exact) mass is 221 g/mol. The predicted octanol–water partition coefficient (Wildman–Crippen LogP) is 1.66. The molecule has 3 heteroatoms. The minimum Gasteiger partial charge on any atom is -0.492 e. The third-order valence-corrected chi connectivity index (χ3v) is 2.16. The first-order valence-corrected chi connectivity index (χ1v) is 5.18. The molecule has 1 aliphatic carbocycles. The van der Waals surface area contributed by atoms with E-state index in [0.29, 0.717) is 13.2 Å². The average molecular weight is 221 g/mol. The van der Waals surface area contributed by atoms with Crippen LogP contribution in [0.2, 0.25) is 0 Å². The van der Waals surface area contributed by atoms with Crippen molar-refractivity contribution in [2.24, 2.45) is 5.73 Å². The molecule has 0 radical (unpaired) electrons. The SMILES string of the molecule is C#CC1=CC(C)(S)C=CC(OCCN)=C1. The summed E-state index contributed by atoms with van der Waals surface area (Å²) in [5.74, 6) is 3.31. The number of hydrogen-bond donors (Lipinski definition) is 2. The first-order chi connectivity index (χ1) is 7.07. The molecule has 1 aliphatic rings. The molecule has 1 rings (SSSR count). The van der Waals surface area contributed by atoms with Crippen LogP contribution >= 0.6 is 12.6 Å². The summed E-state index contributed by atoms with van der Waals surface area (Å²) in [6.07, 6.45) is 12.9. The van der Waals surface area contributed by atoms with Gasteiger partial charge in [0, 0.05) is 16.9 Å². The Labute approximate surface area is 96.3 Å². The fourth-order valence-corrected chi connectivity index (χ4v) is 1.42. The first-order valence-electron chi connectivity index (χ1n) is 4.73. The zero-order valence-corrected chi connectivity index (χ0v) is 9.63. The van der Waals surface area contributed by atoms with E-state index in [2.05, 4.69) is 18.5 Å². The van der Waals surface area contributed by atoms with Crippen molar-refractivity contribution < 1.29 is 4.74 Å². The molecule has 0 saturated heterocycles. The van der Waals surface area contributed by atoms with Crippen LogP contribution in [0.3, 0.4) is 0 Å². The molecule has 0 aromatic heterocycles. The molecule has 2 N–H and O–H groups in total. The van der Waals surface area contributed by atoms with Gasteiger partial charge in [0.25, 0.3) is 0 Å². The second-order valence-corrected chi connectivity index (χ2v) is 4.45. The van der Waals surface area contributed by atoms with E-state index in [0.717, 1.165) is 11.3 Å². The predicted molar refractivity (Wildman–Crippen MR) is 66.5 cm³/mol. The molecule has 0 heterocycles. The molecule has 0 aromatic carbocycles. The summed E-state index contributed by atoms with van der Waals surface area (Å²) in [7, 11) is 0. The van der Waals surface area contributed by atoms with Gasteiger partial charge in [-0.15, -0.1) is 6.42 Å². The summed E-state index contributed by atoms with van der Waals surface area (Å²) >= 11 is 4.46. The van der Waals surface area contributed by atoms with E-state index >= 15 is 0 Å². The average Bonchev–Trinajstić information content (AvgIpc) is 2.34. The van der Waals surface area contributed by atoms with Crippen LogP contribution in [0.5, 0.6) is 0 Å². The molecule has 2 nitrogen and oxygen atoms in total. The molecular weight excluding hydrogens is 206 g/mol. The molecule has 0 aromatic rings. The number of nitrogens with two attached hydrogens (primary N) is 1. The summed E-state index contributed by atoms with van der Waals surface area (Å²) in [6, 6.07) is 0. The molecular formula is C12H15NOS. The van der Waals surface area contributed by atoms with E-state index in [1.165, 1.54) is 0 Å². The van der Waals surface area contributed by atoms with Crippen LogP contribution in [-0.2, 0) is 4.74 Å². The molecule has 0 bridgehead atoms. The van der Waals surface area contributed by atoms with Crippen LogP contribution < -0.4 is 5.73 Å². The Morgan fingerprint density at radius 3 is 3.00 bits per heavy atom. The van der Waals surface area contributed by atoms with Gasteiger partial charge in [-0.25, -0.2) is 0 Å². The van der Waals surface area contributed by atoms with E-state index in [9.17, 15) is 0 Å². The second-order valence-electron chi connectivity index (χ2n) is 3.49. The molecule has 0 aliphatic heterocycles. The highest BCUT2D eigenvalue weighted by molar-refractivity contribution is 7.82. The summed E-state index contributed by atoms with van der Waals surface area (Å²) in [4.78, 5) is 0. The summed E-state index contributed by atoms with van der Waals surface area (Å²) in [6.45, 7) is 2.93. The Kier molecular flexibility index (Phi) is 4.07. The van der Waals surface area contributed by atoms with Crippen molar-refractivity contribution in [2.45, 2.75) is 11.7 Å². The van der Waals surface area contributed by atoms with E-state index < -0.39 is 0 Å². The lowest BCUT2D eigenvalue weighted by molar-refractivity contribution is 0.233. The summed E-state index contributed by atoms with van der Waals surface area (Å²) in [5, 5.41) is 0. The van der Waals surface area contributed by atoms with E-state index in [1.54, 1.807) is 0 Å². The van der Waals surface area contributed by atoms with E-state index in [4.69, 9.17) is 16.9 Å². The summed E-state index contributed by atoms with van der Waals surface area (Å²) < 4.78 is 5.08. The number of allylic oxidation sites excluding steroid dienone is 3. The molecule has 0 amide bonds. The van der Waals surface area contributed by atoms with Gasteiger partial charge in [-0.2, -0.15) is 12.6 Å². The maximum atomic E-state index is 5.42. The standard InChI is InChI=1S/C12H15NOS/c1-3-10-8-11(14-7-6-13)4-5-12(2,15)9-10/h1,4-5,8-9,15H,6-7,13H2,2H3. The number of hydrogen-bond acceptors (Lipinski definition) is 3. The number of ether oxygens (including phenoxy) is 1. The molecule has 0 saturated carbocycles. The van der Waals surface area contributed by atoms with Gasteiger partial charge in [-0.1, -0.05) is 12.0 Å². The van der Waals surface area contributed by atoms with Gasteiger partial charge in [-0.05, 0) is 25.2 Å². The van der Waals surface area contributed by atoms with Crippen LogP contribution in [0.25, 0.3) is 0 Å². The third kappa shape index (κ3) is 3.86. The van der Waals surface area contributed by atoms with Crippen molar-refractivity contribution in [3.05, 3.63) is 35.6 Å². The Morgan fingerprint density at radius 2 is 2.40 bits per heavy atom. The van der Waals surface area contributed by atoms with Gasteiger partial charge in [0.2, 0.25) is 0 Å². The fourth-order valence-electron chi connectivity index (χ4n) is 1.21. The lowest BCUT2D eigenvalue weighted by atomic mass is 10.1. The van der Waals surface area contributed by atoms with Gasteiger partial charge >= 0.3 is 0 Å². The lowest BCUT2D eigenvalue weighted by Crippen LogP contribution is -2.08.